The molecule has 0 radical (unpaired) electrons. The highest BCUT2D eigenvalue weighted by Crippen LogP contribution is 2.23. The van der Waals surface area contributed by atoms with Crippen LogP contribution in [0, 0.1) is 5.92 Å². The molecule has 1 aliphatic carbocycles. The minimum absolute atomic E-state index is 0.227. The molecule has 0 heterocycles. The number of esters is 1. The summed E-state index contributed by atoms with van der Waals surface area (Å²) in [6.07, 6.45) is 10.3. The standard InChI is InChI=1S/C15H24O4/c1-2-19-15(18)13(14(16)17)11-10-12-8-6-4-3-5-7-9-12/h8,13H,2-7,9-11H2,1H3,(H,16,17). The van der Waals surface area contributed by atoms with Crippen LogP contribution >= 0.6 is 0 Å². The zero-order chi connectivity index (χ0) is 14.1. The SMILES string of the molecule is CCOC(=O)C(CCC1=CCCCCCC1)C(=O)O. The Morgan fingerprint density at radius 2 is 2.05 bits per heavy atom. The highest BCUT2D eigenvalue weighted by atomic mass is 16.5. The molecule has 4 nitrogen and oxygen atoms in total. The topological polar surface area (TPSA) is 63.6 Å². The molecular formula is C15H24O4. The predicted molar refractivity (Wildman–Crippen MR) is 72.8 cm³/mol. The van der Waals surface area contributed by atoms with Gasteiger partial charge in [0.15, 0.2) is 5.92 Å². The highest BCUT2D eigenvalue weighted by molar-refractivity contribution is 5.93. The number of ether oxygens (including phenoxy) is 1. The van der Waals surface area contributed by atoms with Gasteiger partial charge in [-0.3, -0.25) is 9.59 Å². The number of rotatable bonds is 6. The smallest absolute Gasteiger partial charge is 0.320 e. The molecule has 0 spiro atoms. The monoisotopic (exact) mass is 268 g/mol. The number of aliphatic carboxylic acids is 1. The number of carbonyl (C=O) groups excluding carboxylic acids is 1. The summed E-state index contributed by atoms with van der Waals surface area (Å²) < 4.78 is 4.81. The minimum Gasteiger partial charge on any atom is -0.481 e. The van der Waals surface area contributed by atoms with Crippen LogP contribution in [0.1, 0.15) is 58.3 Å². The first-order valence-corrected chi connectivity index (χ1v) is 7.22. The molecule has 1 aliphatic rings. The van der Waals surface area contributed by atoms with Gasteiger partial charge in [-0.25, -0.2) is 0 Å². The van der Waals surface area contributed by atoms with Crippen molar-refractivity contribution in [1.82, 2.24) is 0 Å². The van der Waals surface area contributed by atoms with Crippen molar-refractivity contribution in [2.24, 2.45) is 5.92 Å². The Labute approximate surface area is 114 Å². The summed E-state index contributed by atoms with van der Waals surface area (Å²) in [6.45, 7) is 1.92. The van der Waals surface area contributed by atoms with E-state index in [1.54, 1.807) is 6.92 Å². The Kier molecular flexibility index (Phi) is 7.23. The van der Waals surface area contributed by atoms with E-state index in [1.807, 2.05) is 0 Å². The lowest BCUT2D eigenvalue weighted by atomic mass is 9.93. The van der Waals surface area contributed by atoms with E-state index in [-0.39, 0.29) is 6.61 Å². The Morgan fingerprint density at radius 3 is 2.74 bits per heavy atom. The van der Waals surface area contributed by atoms with Gasteiger partial charge in [-0.1, -0.05) is 24.5 Å². The van der Waals surface area contributed by atoms with E-state index < -0.39 is 17.9 Å². The third-order valence-electron chi connectivity index (χ3n) is 3.51. The molecule has 0 aromatic carbocycles. The number of carbonyl (C=O) groups is 2. The van der Waals surface area contributed by atoms with E-state index in [9.17, 15) is 9.59 Å². The van der Waals surface area contributed by atoms with Crippen molar-refractivity contribution in [1.29, 1.82) is 0 Å². The molecule has 0 aromatic heterocycles. The van der Waals surface area contributed by atoms with Crippen LogP contribution in [0.25, 0.3) is 0 Å². The Morgan fingerprint density at radius 1 is 1.32 bits per heavy atom. The van der Waals surface area contributed by atoms with Gasteiger partial charge in [0.25, 0.3) is 0 Å². The molecule has 0 fully saturated rings. The molecule has 1 rings (SSSR count). The van der Waals surface area contributed by atoms with Gasteiger partial charge in [-0.2, -0.15) is 0 Å². The molecule has 1 N–H and O–H groups in total. The van der Waals surface area contributed by atoms with Crippen molar-refractivity contribution < 1.29 is 19.4 Å². The van der Waals surface area contributed by atoms with Gasteiger partial charge in [0.1, 0.15) is 0 Å². The van der Waals surface area contributed by atoms with Gasteiger partial charge < -0.3 is 9.84 Å². The van der Waals surface area contributed by atoms with Crippen molar-refractivity contribution in [2.45, 2.75) is 58.3 Å². The van der Waals surface area contributed by atoms with E-state index in [0.717, 1.165) is 12.8 Å². The molecule has 0 saturated heterocycles. The third-order valence-corrected chi connectivity index (χ3v) is 3.51. The quantitative estimate of drug-likeness (QED) is 0.456. The average molecular weight is 268 g/mol. The van der Waals surface area contributed by atoms with Crippen LogP contribution < -0.4 is 0 Å². The number of hydrogen-bond donors (Lipinski definition) is 1. The number of carboxylic acid groups (broad SMARTS) is 1. The minimum atomic E-state index is -1.08. The fourth-order valence-corrected chi connectivity index (χ4v) is 2.40. The van der Waals surface area contributed by atoms with Gasteiger partial charge in [-0.15, -0.1) is 0 Å². The van der Waals surface area contributed by atoms with E-state index in [1.165, 1.54) is 31.3 Å². The molecular weight excluding hydrogens is 244 g/mol. The Bertz CT molecular complexity index is 333. The number of allylic oxidation sites excluding steroid dienone is 2. The summed E-state index contributed by atoms with van der Waals surface area (Å²) >= 11 is 0. The van der Waals surface area contributed by atoms with Crippen LogP contribution in [0.2, 0.25) is 0 Å². The van der Waals surface area contributed by atoms with Crippen LogP contribution in [0.5, 0.6) is 0 Å². The van der Waals surface area contributed by atoms with Gasteiger partial charge in [-0.05, 0) is 45.4 Å². The van der Waals surface area contributed by atoms with Crippen LogP contribution in [0.15, 0.2) is 11.6 Å². The van der Waals surface area contributed by atoms with Gasteiger partial charge in [0, 0.05) is 0 Å². The fraction of sp³-hybridized carbons (Fsp3) is 0.733. The molecule has 19 heavy (non-hydrogen) atoms. The second-order valence-electron chi connectivity index (χ2n) is 5.00. The Balaban J connectivity index is 2.50. The summed E-state index contributed by atoms with van der Waals surface area (Å²) in [5.41, 5.74) is 1.30. The molecule has 4 heteroatoms. The lowest BCUT2D eigenvalue weighted by Gasteiger charge is -2.14. The van der Waals surface area contributed by atoms with Crippen molar-refractivity contribution >= 4 is 11.9 Å². The van der Waals surface area contributed by atoms with Gasteiger partial charge >= 0.3 is 11.9 Å². The highest BCUT2D eigenvalue weighted by Gasteiger charge is 2.27. The lowest BCUT2D eigenvalue weighted by Crippen LogP contribution is -2.26. The van der Waals surface area contributed by atoms with Crippen LogP contribution in [-0.4, -0.2) is 23.7 Å². The molecule has 108 valence electrons. The summed E-state index contributed by atoms with van der Waals surface area (Å²) in [4.78, 5) is 22.6. The summed E-state index contributed by atoms with van der Waals surface area (Å²) in [5, 5.41) is 9.08. The van der Waals surface area contributed by atoms with Crippen molar-refractivity contribution in [3.63, 3.8) is 0 Å². The normalized spacial score (nSPS) is 17.8. The molecule has 1 unspecified atom stereocenters. The average Bonchev–Trinajstić information content (AvgIpc) is 2.31. The maximum absolute atomic E-state index is 11.6. The van der Waals surface area contributed by atoms with Crippen LogP contribution in [0.4, 0.5) is 0 Å². The molecule has 0 aromatic rings. The maximum atomic E-state index is 11.6. The first kappa shape index (κ1) is 15.7. The first-order chi connectivity index (χ1) is 9.15. The summed E-state index contributed by atoms with van der Waals surface area (Å²) in [5.74, 6) is -2.71. The fourth-order valence-electron chi connectivity index (χ4n) is 2.40. The van der Waals surface area contributed by atoms with Crippen LogP contribution in [-0.2, 0) is 14.3 Å². The zero-order valence-corrected chi connectivity index (χ0v) is 11.7. The maximum Gasteiger partial charge on any atom is 0.320 e. The Hall–Kier alpha value is -1.32. The van der Waals surface area contributed by atoms with E-state index in [0.29, 0.717) is 12.8 Å². The number of hydrogen-bond acceptors (Lipinski definition) is 3. The second-order valence-corrected chi connectivity index (χ2v) is 5.00. The number of carboxylic acids is 1. The van der Waals surface area contributed by atoms with Crippen molar-refractivity contribution in [2.75, 3.05) is 6.61 Å². The predicted octanol–water partition coefficient (Wildman–Crippen LogP) is 3.31. The van der Waals surface area contributed by atoms with E-state index >= 15 is 0 Å². The second kappa shape index (κ2) is 8.73. The zero-order valence-electron chi connectivity index (χ0n) is 11.7. The van der Waals surface area contributed by atoms with Crippen LogP contribution in [0.3, 0.4) is 0 Å². The van der Waals surface area contributed by atoms with Gasteiger partial charge in [0.05, 0.1) is 6.61 Å². The summed E-state index contributed by atoms with van der Waals surface area (Å²) in [7, 11) is 0. The molecule has 0 bridgehead atoms. The molecule has 0 saturated carbocycles. The largest absolute Gasteiger partial charge is 0.481 e. The molecule has 0 aliphatic heterocycles. The lowest BCUT2D eigenvalue weighted by molar-refractivity contribution is -0.158. The third kappa shape index (κ3) is 5.90. The summed E-state index contributed by atoms with van der Waals surface area (Å²) in [6, 6.07) is 0. The van der Waals surface area contributed by atoms with Crippen molar-refractivity contribution in [3.05, 3.63) is 11.6 Å². The molecule has 1 atom stereocenters. The van der Waals surface area contributed by atoms with E-state index in [4.69, 9.17) is 9.84 Å². The molecule has 0 amide bonds. The van der Waals surface area contributed by atoms with E-state index in [2.05, 4.69) is 6.08 Å². The first-order valence-electron chi connectivity index (χ1n) is 7.22. The van der Waals surface area contributed by atoms with Crippen molar-refractivity contribution in [3.8, 4) is 0 Å². The van der Waals surface area contributed by atoms with Gasteiger partial charge in [0.2, 0.25) is 0 Å².